The maximum absolute atomic E-state index is 5.80. The molecule has 0 amide bonds. The summed E-state index contributed by atoms with van der Waals surface area (Å²) in [5.41, 5.74) is 4.10. The Hall–Kier alpha value is -1.42. The molecule has 0 aliphatic heterocycles. The van der Waals surface area contributed by atoms with Crippen LogP contribution in [0.1, 0.15) is 25.5 Å². The average molecular weight is 257 g/mol. The largest absolute Gasteiger partial charge is 0.302 e. The molecule has 2 aromatic carbocycles. The number of nitrogens with two attached hydrogens (primary N) is 1. The zero-order chi connectivity index (χ0) is 14.0. The van der Waals surface area contributed by atoms with Gasteiger partial charge in [0.25, 0.3) is 0 Å². The van der Waals surface area contributed by atoms with Crippen molar-refractivity contribution in [2.24, 2.45) is 5.84 Å². The second-order valence-electron chi connectivity index (χ2n) is 5.75. The van der Waals surface area contributed by atoms with E-state index in [-0.39, 0.29) is 11.6 Å². The summed E-state index contributed by atoms with van der Waals surface area (Å²) < 4.78 is 0. The van der Waals surface area contributed by atoms with Crippen molar-refractivity contribution < 1.29 is 0 Å². The Balaban J connectivity index is 2.46. The molecule has 2 aromatic rings. The van der Waals surface area contributed by atoms with E-state index in [0.717, 1.165) is 0 Å². The standard InChI is InChI=1S/C16H23N3/c1-16(2,19(3)4)15(18-17)14-10-9-12-7-5-6-8-13(12)11-14/h5-11,15,18H,17H2,1-4H3. The van der Waals surface area contributed by atoms with Crippen LogP contribution in [0, 0.1) is 0 Å². The highest BCUT2D eigenvalue weighted by molar-refractivity contribution is 5.83. The van der Waals surface area contributed by atoms with Gasteiger partial charge in [0.05, 0.1) is 6.04 Å². The molecule has 0 radical (unpaired) electrons. The van der Waals surface area contributed by atoms with Crippen LogP contribution in [-0.2, 0) is 0 Å². The molecule has 3 N–H and O–H groups in total. The third kappa shape index (κ3) is 2.63. The number of benzene rings is 2. The maximum Gasteiger partial charge on any atom is 0.0638 e. The summed E-state index contributed by atoms with van der Waals surface area (Å²) in [5, 5.41) is 2.50. The number of fused-ring (bicyclic) bond motifs is 1. The molecule has 2 rings (SSSR count). The fraction of sp³-hybridized carbons (Fsp3) is 0.375. The highest BCUT2D eigenvalue weighted by Gasteiger charge is 2.32. The van der Waals surface area contributed by atoms with E-state index < -0.39 is 0 Å². The van der Waals surface area contributed by atoms with E-state index in [1.165, 1.54) is 16.3 Å². The quantitative estimate of drug-likeness (QED) is 0.653. The molecule has 0 spiro atoms. The van der Waals surface area contributed by atoms with E-state index in [4.69, 9.17) is 5.84 Å². The average Bonchev–Trinajstić information content (AvgIpc) is 2.39. The fourth-order valence-corrected chi connectivity index (χ4v) is 2.35. The molecule has 102 valence electrons. The minimum absolute atomic E-state index is 0.0722. The van der Waals surface area contributed by atoms with Gasteiger partial charge >= 0.3 is 0 Å². The van der Waals surface area contributed by atoms with Gasteiger partial charge in [-0.25, -0.2) is 0 Å². The van der Waals surface area contributed by atoms with Crippen LogP contribution in [0.3, 0.4) is 0 Å². The van der Waals surface area contributed by atoms with Crippen LogP contribution in [0.4, 0.5) is 0 Å². The number of nitrogens with one attached hydrogen (secondary N) is 1. The molecule has 0 aliphatic rings. The lowest BCUT2D eigenvalue weighted by molar-refractivity contribution is 0.138. The van der Waals surface area contributed by atoms with E-state index in [1.54, 1.807) is 0 Å². The lowest BCUT2D eigenvalue weighted by atomic mass is 9.87. The van der Waals surface area contributed by atoms with Crippen LogP contribution < -0.4 is 11.3 Å². The van der Waals surface area contributed by atoms with Gasteiger partial charge in [0, 0.05) is 5.54 Å². The lowest BCUT2D eigenvalue weighted by Crippen LogP contribution is -2.51. The molecule has 1 unspecified atom stereocenters. The first-order valence-corrected chi connectivity index (χ1v) is 6.59. The van der Waals surface area contributed by atoms with Gasteiger partial charge in [0.1, 0.15) is 0 Å². The van der Waals surface area contributed by atoms with Gasteiger partial charge in [-0.05, 0) is 50.3 Å². The van der Waals surface area contributed by atoms with Crippen LogP contribution in [0.15, 0.2) is 42.5 Å². The third-order valence-corrected chi connectivity index (χ3v) is 4.13. The molecule has 0 saturated heterocycles. The first-order valence-electron chi connectivity index (χ1n) is 6.59. The second kappa shape index (κ2) is 5.29. The number of rotatable bonds is 4. The van der Waals surface area contributed by atoms with E-state index in [9.17, 15) is 0 Å². The Bertz CT molecular complexity index is 561. The van der Waals surface area contributed by atoms with Crippen molar-refractivity contribution in [1.82, 2.24) is 10.3 Å². The van der Waals surface area contributed by atoms with Gasteiger partial charge in [-0.15, -0.1) is 0 Å². The molecular weight excluding hydrogens is 234 g/mol. The molecule has 3 heteroatoms. The van der Waals surface area contributed by atoms with Crippen molar-refractivity contribution in [3.8, 4) is 0 Å². The van der Waals surface area contributed by atoms with Crippen molar-refractivity contribution in [3.05, 3.63) is 48.0 Å². The van der Waals surface area contributed by atoms with E-state index in [1.807, 2.05) is 0 Å². The van der Waals surface area contributed by atoms with Crippen molar-refractivity contribution in [1.29, 1.82) is 0 Å². The summed E-state index contributed by atoms with van der Waals surface area (Å²) in [6, 6.07) is 15.0. The Morgan fingerprint density at radius 3 is 2.26 bits per heavy atom. The fourth-order valence-electron chi connectivity index (χ4n) is 2.35. The van der Waals surface area contributed by atoms with Crippen molar-refractivity contribution in [3.63, 3.8) is 0 Å². The smallest absolute Gasteiger partial charge is 0.0638 e. The lowest BCUT2D eigenvalue weighted by Gasteiger charge is -2.40. The predicted octanol–water partition coefficient (Wildman–Crippen LogP) is 2.68. The Kier molecular flexibility index (Phi) is 3.90. The molecule has 0 aliphatic carbocycles. The minimum Gasteiger partial charge on any atom is -0.302 e. The molecule has 0 saturated carbocycles. The molecule has 1 atom stereocenters. The topological polar surface area (TPSA) is 41.3 Å². The van der Waals surface area contributed by atoms with Crippen LogP contribution in [0.2, 0.25) is 0 Å². The highest BCUT2D eigenvalue weighted by Crippen LogP contribution is 2.30. The van der Waals surface area contributed by atoms with E-state index in [0.29, 0.717) is 0 Å². The highest BCUT2D eigenvalue weighted by atomic mass is 15.3. The van der Waals surface area contributed by atoms with Crippen molar-refractivity contribution >= 4 is 10.8 Å². The number of nitrogens with zero attached hydrogens (tertiary/aromatic N) is 1. The second-order valence-corrected chi connectivity index (χ2v) is 5.75. The van der Waals surface area contributed by atoms with Gasteiger partial charge in [-0.3, -0.25) is 11.3 Å². The van der Waals surface area contributed by atoms with Crippen LogP contribution in [0.5, 0.6) is 0 Å². The summed E-state index contributed by atoms with van der Waals surface area (Å²) >= 11 is 0. The van der Waals surface area contributed by atoms with E-state index >= 15 is 0 Å². The summed E-state index contributed by atoms with van der Waals surface area (Å²) in [6.07, 6.45) is 0. The molecular formula is C16H23N3. The molecule has 3 nitrogen and oxygen atoms in total. The van der Waals surface area contributed by atoms with Crippen molar-refractivity contribution in [2.75, 3.05) is 14.1 Å². The number of hydrogen-bond donors (Lipinski definition) is 2. The number of hydrazine groups is 1. The van der Waals surface area contributed by atoms with Crippen LogP contribution >= 0.6 is 0 Å². The molecule has 0 fully saturated rings. The maximum atomic E-state index is 5.80. The first kappa shape index (κ1) is 14.0. The number of hydrogen-bond acceptors (Lipinski definition) is 3. The normalized spacial score (nSPS) is 14.0. The monoisotopic (exact) mass is 257 g/mol. The molecule has 0 heterocycles. The van der Waals surface area contributed by atoms with Gasteiger partial charge in [-0.1, -0.05) is 36.4 Å². The SMILES string of the molecule is CN(C)C(C)(C)C(NN)c1ccc2ccccc2c1. The summed E-state index contributed by atoms with van der Waals surface area (Å²) in [4.78, 5) is 2.19. The minimum atomic E-state index is -0.0722. The Morgan fingerprint density at radius 1 is 1.05 bits per heavy atom. The van der Waals surface area contributed by atoms with Gasteiger partial charge in [-0.2, -0.15) is 0 Å². The van der Waals surface area contributed by atoms with Crippen LogP contribution in [0.25, 0.3) is 10.8 Å². The zero-order valence-electron chi connectivity index (χ0n) is 12.1. The van der Waals surface area contributed by atoms with Crippen LogP contribution in [-0.4, -0.2) is 24.5 Å². The van der Waals surface area contributed by atoms with Gasteiger partial charge in [0.2, 0.25) is 0 Å². The third-order valence-electron chi connectivity index (χ3n) is 4.13. The summed E-state index contributed by atoms with van der Waals surface area (Å²) in [6.45, 7) is 4.37. The molecule has 19 heavy (non-hydrogen) atoms. The van der Waals surface area contributed by atoms with Crippen molar-refractivity contribution in [2.45, 2.75) is 25.4 Å². The molecule has 0 bridgehead atoms. The van der Waals surface area contributed by atoms with E-state index in [2.05, 4.69) is 80.7 Å². The zero-order valence-corrected chi connectivity index (χ0v) is 12.1. The number of likely N-dealkylation sites (N-methyl/N-ethyl adjacent to an activating group) is 1. The Morgan fingerprint density at radius 2 is 1.68 bits per heavy atom. The molecule has 0 aromatic heterocycles. The first-order chi connectivity index (χ1) is 8.96. The Labute approximate surface area is 115 Å². The predicted molar refractivity (Wildman–Crippen MR) is 81.8 cm³/mol. The summed E-state index contributed by atoms with van der Waals surface area (Å²) in [5.74, 6) is 5.80. The van der Waals surface area contributed by atoms with Gasteiger partial charge in [0.15, 0.2) is 0 Å². The summed E-state index contributed by atoms with van der Waals surface area (Å²) in [7, 11) is 4.15. The van der Waals surface area contributed by atoms with Gasteiger partial charge < -0.3 is 4.90 Å².